The van der Waals surface area contributed by atoms with Gasteiger partial charge in [-0.05, 0) is 43.2 Å². The first-order valence-electron chi connectivity index (χ1n) is 7.00. The van der Waals surface area contributed by atoms with Gasteiger partial charge in [0.15, 0.2) is 0 Å². The molecule has 0 heterocycles. The molecule has 0 spiro atoms. The number of carbonyl (C=O) groups is 2. The Balaban J connectivity index is 2.34. The molecule has 0 bridgehead atoms. The van der Waals surface area contributed by atoms with Crippen molar-refractivity contribution in [3.63, 3.8) is 0 Å². The van der Waals surface area contributed by atoms with E-state index in [1.807, 2.05) is 6.92 Å². The van der Waals surface area contributed by atoms with Crippen LogP contribution in [0.25, 0.3) is 0 Å². The van der Waals surface area contributed by atoms with Crippen molar-refractivity contribution in [2.24, 2.45) is 5.10 Å². The Kier molecular flexibility index (Phi) is 8.29. The zero-order valence-corrected chi connectivity index (χ0v) is 12.8. The fraction of sp³-hybridized carbons (Fsp3) is 0.400. The molecule has 0 saturated carbocycles. The van der Waals surface area contributed by atoms with Crippen LogP contribution >= 0.6 is 0 Å². The van der Waals surface area contributed by atoms with Crippen molar-refractivity contribution in [2.45, 2.75) is 13.3 Å². The third kappa shape index (κ3) is 6.85. The van der Waals surface area contributed by atoms with Gasteiger partial charge in [-0.2, -0.15) is 5.10 Å². The third-order valence-electron chi connectivity index (χ3n) is 2.59. The van der Waals surface area contributed by atoms with E-state index in [0.717, 1.165) is 11.3 Å². The van der Waals surface area contributed by atoms with Gasteiger partial charge in [0, 0.05) is 20.3 Å². The first-order chi connectivity index (χ1) is 10.7. The van der Waals surface area contributed by atoms with Crippen LogP contribution in [0.4, 0.5) is 0 Å². The average molecular weight is 307 g/mol. The maximum Gasteiger partial charge on any atom is 0.329 e. The maximum absolute atomic E-state index is 11.4. The molecule has 0 unspecified atom stereocenters. The molecule has 0 aliphatic rings. The van der Waals surface area contributed by atoms with Gasteiger partial charge in [0.1, 0.15) is 5.75 Å². The number of methoxy groups -OCH3 is 1. The van der Waals surface area contributed by atoms with E-state index in [0.29, 0.717) is 26.2 Å². The summed E-state index contributed by atoms with van der Waals surface area (Å²) in [6.07, 6.45) is 2.09. The highest BCUT2D eigenvalue weighted by molar-refractivity contribution is 6.35. The molecule has 7 heteroatoms. The largest absolute Gasteiger partial charge is 0.494 e. The minimum absolute atomic E-state index is 0.378. The molecular weight excluding hydrogens is 286 g/mol. The fourth-order valence-corrected chi connectivity index (χ4v) is 1.53. The van der Waals surface area contributed by atoms with Crippen molar-refractivity contribution in [1.29, 1.82) is 0 Å². The Hall–Kier alpha value is -2.41. The van der Waals surface area contributed by atoms with Gasteiger partial charge in [-0.3, -0.25) is 9.59 Å². The number of rotatable bonds is 8. The summed E-state index contributed by atoms with van der Waals surface area (Å²) < 4.78 is 10.2. The maximum atomic E-state index is 11.4. The highest BCUT2D eigenvalue weighted by Gasteiger charge is 2.11. The van der Waals surface area contributed by atoms with Crippen LogP contribution < -0.4 is 15.5 Å². The first kappa shape index (κ1) is 17.6. The number of hydrogen-bond acceptors (Lipinski definition) is 5. The van der Waals surface area contributed by atoms with Crippen LogP contribution in [0.1, 0.15) is 18.9 Å². The third-order valence-corrected chi connectivity index (χ3v) is 2.59. The van der Waals surface area contributed by atoms with Crippen LogP contribution in [0.3, 0.4) is 0 Å². The summed E-state index contributed by atoms with van der Waals surface area (Å²) in [5.41, 5.74) is 2.95. The highest BCUT2D eigenvalue weighted by Crippen LogP contribution is 2.10. The van der Waals surface area contributed by atoms with Crippen molar-refractivity contribution < 1.29 is 19.1 Å². The van der Waals surface area contributed by atoms with Crippen molar-refractivity contribution in [1.82, 2.24) is 10.7 Å². The number of hydrogen-bond donors (Lipinski definition) is 2. The summed E-state index contributed by atoms with van der Waals surface area (Å²) in [4.78, 5) is 22.9. The summed E-state index contributed by atoms with van der Waals surface area (Å²) >= 11 is 0. The minimum Gasteiger partial charge on any atom is -0.494 e. The van der Waals surface area contributed by atoms with Gasteiger partial charge in [-0.25, -0.2) is 5.43 Å². The molecular formula is C15H21N3O4. The Labute approximate surface area is 129 Å². The Morgan fingerprint density at radius 1 is 1.23 bits per heavy atom. The van der Waals surface area contributed by atoms with Crippen molar-refractivity contribution in [3.8, 4) is 5.75 Å². The van der Waals surface area contributed by atoms with Crippen LogP contribution in [-0.4, -0.2) is 44.9 Å². The summed E-state index contributed by atoms with van der Waals surface area (Å²) in [6, 6.07) is 7.20. The summed E-state index contributed by atoms with van der Waals surface area (Å²) in [5, 5.41) is 6.20. The molecule has 2 N–H and O–H groups in total. The first-order valence-corrected chi connectivity index (χ1v) is 7.00. The number of benzene rings is 1. The van der Waals surface area contributed by atoms with E-state index < -0.39 is 11.8 Å². The molecule has 0 fully saturated rings. The van der Waals surface area contributed by atoms with Crippen LogP contribution in [0.15, 0.2) is 29.4 Å². The molecule has 0 aromatic heterocycles. The second-order valence-electron chi connectivity index (χ2n) is 4.30. The second-order valence-corrected chi connectivity index (χ2v) is 4.30. The molecule has 7 nitrogen and oxygen atoms in total. The van der Waals surface area contributed by atoms with Crippen molar-refractivity contribution in [3.05, 3.63) is 29.8 Å². The Morgan fingerprint density at radius 3 is 2.59 bits per heavy atom. The molecule has 0 saturated heterocycles. The average Bonchev–Trinajstić information content (AvgIpc) is 2.53. The number of nitrogens with one attached hydrogen (secondary N) is 2. The van der Waals surface area contributed by atoms with Crippen LogP contribution in [0.2, 0.25) is 0 Å². The van der Waals surface area contributed by atoms with Gasteiger partial charge in [0.2, 0.25) is 0 Å². The summed E-state index contributed by atoms with van der Waals surface area (Å²) in [5.74, 6) is -0.765. The van der Waals surface area contributed by atoms with Gasteiger partial charge in [0.05, 0.1) is 12.8 Å². The number of amides is 2. The molecule has 0 radical (unpaired) electrons. The molecule has 1 rings (SSSR count). The van der Waals surface area contributed by atoms with Crippen molar-refractivity contribution in [2.75, 3.05) is 26.9 Å². The van der Waals surface area contributed by atoms with E-state index in [-0.39, 0.29) is 0 Å². The lowest BCUT2D eigenvalue weighted by molar-refractivity contribution is -0.139. The minimum atomic E-state index is -0.806. The standard InChI is InChI=1S/C15H21N3O4/c1-3-22-13-7-5-12(6-8-13)11-17-18-15(20)14(19)16-9-4-10-21-2/h5-8,11H,3-4,9-10H2,1-2H3,(H,16,19)(H,18,20)/b17-11-. The van der Waals surface area contributed by atoms with E-state index in [1.54, 1.807) is 31.4 Å². The van der Waals surface area contributed by atoms with E-state index in [4.69, 9.17) is 9.47 Å². The van der Waals surface area contributed by atoms with E-state index in [2.05, 4.69) is 15.8 Å². The van der Waals surface area contributed by atoms with Gasteiger partial charge in [-0.1, -0.05) is 0 Å². The Bertz CT molecular complexity index is 500. The number of hydrazone groups is 1. The van der Waals surface area contributed by atoms with Crippen LogP contribution in [0, 0.1) is 0 Å². The van der Waals surface area contributed by atoms with Crippen LogP contribution in [-0.2, 0) is 14.3 Å². The molecule has 120 valence electrons. The predicted molar refractivity (Wildman–Crippen MR) is 82.9 cm³/mol. The second kappa shape index (κ2) is 10.3. The SMILES string of the molecule is CCOc1ccc(/C=N\NC(=O)C(=O)NCCCOC)cc1. The van der Waals surface area contributed by atoms with E-state index in [1.165, 1.54) is 6.21 Å². The van der Waals surface area contributed by atoms with E-state index in [9.17, 15) is 9.59 Å². The molecule has 0 atom stereocenters. The van der Waals surface area contributed by atoms with Crippen molar-refractivity contribution >= 4 is 18.0 Å². The van der Waals surface area contributed by atoms with E-state index >= 15 is 0 Å². The lowest BCUT2D eigenvalue weighted by atomic mass is 10.2. The monoisotopic (exact) mass is 307 g/mol. The van der Waals surface area contributed by atoms with Crippen LogP contribution in [0.5, 0.6) is 5.75 Å². The quantitative estimate of drug-likeness (QED) is 0.320. The molecule has 2 amide bonds. The molecule has 22 heavy (non-hydrogen) atoms. The lowest BCUT2D eigenvalue weighted by Gasteiger charge is -2.03. The number of carbonyl (C=O) groups excluding carboxylic acids is 2. The lowest BCUT2D eigenvalue weighted by Crippen LogP contribution is -2.38. The van der Waals surface area contributed by atoms with Gasteiger partial charge in [-0.15, -0.1) is 0 Å². The smallest absolute Gasteiger partial charge is 0.329 e. The topological polar surface area (TPSA) is 89.0 Å². The molecule has 0 aliphatic heterocycles. The number of ether oxygens (including phenoxy) is 2. The fourth-order valence-electron chi connectivity index (χ4n) is 1.53. The molecule has 0 aliphatic carbocycles. The summed E-state index contributed by atoms with van der Waals surface area (Å²) in [7, 11) is 1.57. The van der Waals surface area contributed by atoms with Gasteiger partial charge < -0.3 is 14.8 Å². The zero-order valence-electron chi connectivity index (χ0n) is 12.8. The Morgan fingerprint density at radius 2 is 1.95 bits per heavy atom. The highest BCUT2D eigenvalue weighted by atomic mass is 16.5. The zero-order chi connectivity index (χ0) is 16.2. The molecule has 1 aromatic carbocycles. The summed E-state index contributed by atoms with van der Waals surface area (Å²) in [6.45, 7) is 3.41. The number of nitrogens with zero attached hydrogens (tertiary/aromatic N) is 1. The van der Waals surface area contributed by atoms with Gasteiger partial charge >= 0.3 is 11.8 Å². The normalized spacial score (nSPS) is 10.5. The molecule has 1 aromatic rings. The van der Waals surface area contributed by atoms with Gasteiger partial charge in [0.25, 0.3) is 0 Å². The predicted octanol–water partition coefficient (Wildman–Crippen LogP) is 0.688.